The molecule has 0 saturated carbocycles. The fraction of sp³-hybridized carbons (Fsp3) is 0.400. The van der Waals surface area contributed by atoms with Gasteiger partial charge in [0.2, 0.25) is 10.0 Å². The van der Waals surface area contributed by atoms with Gasteiger partial charge in [-0.2, -0.15) is 4.31 Å². The van der Waals surface area contributed by atoms with E-state index in [0.29, 0.717) is 25.2 Å². The summed E-state index contributed by atoms with van der Waals surface area (Å²) in [6.45, 7) is 2.27. The van der Waals surface area contributed by atoms with Crippen molar-refractivity contribution in [2.24, 2.45) is 0 Å². The minimum Gasteiger partial charge on any atom is -0.495 e. The number of carbonyl (C=O) groups is 1. The summed E-state index contributed by atoms with van der Waals surface area (Å²) in [6.07, 6.45) is 6.57. The fourth-order valence-electron chi connectivity index (χ4n) is 4.33. The Balaban J connectivity index is 1.42. The van der Waals surface area contributed by atoms with Crippen molar-refractivity contribution in [2.75, 3.05) is 26.7 Å². The van der Waals surface area contributed by atoms with Gasteiger partial charge in [-0.3, -0.25) is 4.79 Å². The number of para-hydroxylation sites is 1. The topological polar surface area (TPSA) is 80.6 Å². The molecule has 1 fully saturated rings. The summed E-state index contributed by atoms with van der Waals surface area (Å²) in [6, 6.07) is 14.9. The molecule has 3 aromatic rings. The van der Waals surface area contributed by atoms with Crippen LogP contribution in [0.5, 0.6) is 5.75 Å². The van der Waals surface area contributed by atoms with Gasteiger partial charge in [-0.05, 0) is 55.0 Å². The van der Waals surface area contributed by atoms with Gasteiger partial charge in [-0.1, -0.05) is 31.0 Å². The molecule has 4 rings (SSSR count). The quantitative estimate of drug-likeness (QED) is 0.505. The van der Waals surface area contributed by atoms with Crippen molar-refractivity contribution in [1.82, 2.24) is 14.2 Å². The van der Waals surface area contributed by atoms with Gasteiger partial charge in [0.05, 0.1) is 7.11 Å². The van der Waals surface area contributed by atoms with E-state index in [4.69, 9.17) is 4.74 Å². The predicted molar refractivity (Wildman–Crippen MR) is 129 cm³/mol. The van der Waals surface area contributed by atoms with E-state index in [-0.39, 0.29) is 16.6 Å². The monoisotopic (exact) mass is 469 g/mol. The van der Waals surface area contributed by atoms with Crippen LogP contribution in [0, 0.1) is 0 Å². The maximum absolute atomic E-state index is 13.3. The Labute approximate surface area is 195 Å². The number of ether oxygens (including phenoxy) is 1. The van der Waals surface area contributed by atoms with Gasteiger partial charge in [0.25, 0.3) is 5.91 Å². The van der Waals surface area contributed by atoms with E-state index >= 15 is 0 Å². The zero-order valence-electron chi connectivity index (χ0n) is 19.0. The van der Waals surface area contributed by atoms with Gasteiger partial charge >= 0.3 is 0 Å². The summed E-state index contributed by atoms with van der Waals surface area (Å²) in [5, 5.41) is 4.11. The fourth-order valence-corrected chi connectivity index (χ4v) is 6.03. The summed E-state index contributed by atoms with van der Waals surface area (Å²) >= 11 is 0. The van der Waals surface area contributed by atoms with Crippen LogP contribution in [0.4, 0.5) is 0 Å². The van der Waals surface area contributed by atoms with Gasteiger partial charge in [-0.25, -0.2) is 8.42 Å². The third-order valence-electron chi connectivity index (χ3n) is 6.15. The standard InChI is InChI=1S/C25H31N3O4S/c1-32-23-12-11-21(19-24(23)33(30,31)28-16-6-2-3-7-17-28)25(29)26-14-8-15-27-18-13-20-9-4-5-10-22(20)27/h4-5,9-13,18-19H,2-3,6-8,14-17H2,1H3,(H,26,29). The zero-order chi connectivity index (χ0) is 23.3. The lowest BCUT2D eigenvalue weighted by Crippen LogP contribution is -2.32. The summed E-state index contributed by atoms with van der Waals surface area (Å²) in [5.74, 6) is -0.0300. The number of benzene rings is 2. The van der Waals surface area contributed by atoms with Crippen molar-refractivity contribution in [1.29, 1.82) is 0 Å². The molecule has 0 spiro atoms. The number of methoxy groups -OCH3 is 1. The van der Waals surface area contributed by atoms with Crippen LogP contribution in [-0.2, 0) is 16.6 Å². The molecule has 1 amide bonds. The average Bonchev–Trinajstić information content (AvgIpc) is 3.04. The van der Waals surface area contributed by atoms with Crippen molar-refractivity contribution < 1.29 is 17.9 Å². The van der Waals surface area contributed by atoms with Crippen LogP contribution in [0.15, 0.2) is 59.6 Å². The highest BCUT2D eigenvalue weighted by Gasteiger charge is 2.29. The second-order valence-corrected chi connectivity index (χ2v) is 10.3. The molecule has 176 valence electrons. The number of hydrogen-bond acceptors (Lipinski definition) is 4. The molecule has 1 saturated heterocycles. The molecule has 1 aromatic heterocycles. The Hall–Kier alpha value is -2.84. The maximum Gasteiger partial charge on any atom is 0.251 e. The molecule has 0 atom stereocenters. The second-order valence-electron chi connectivity index (χ2n) is 8.36. The first-order valence-corrected chi connectivity index (χ1v) is 12.9. The highest BCUT2D eigenvalue weighted by Crippen LogP contribution is 2.29. The Morgan fingerprint density at radius 1 is 1.03 bits per heavy atom. The number of fused-ring (bicyclic) bond motifs is 1. The summed E-state index contributed by atoms with van der Waals surface area (Å²) in [7, 11) is -2.29. The number of nitrogens with one attached hydrogen (secondary N) is 1. The molecule has 7 nitrogen and oxygen atoms in total. The first kappa shape index (κ1) is 23.3. The highest BCUT2D eigenvalue weighted by atomic mass is 32.2. The average molecular weight is 470 g/mol. The third-order valence-corrected chi connectivity index (χ3v) is 8.07. The lowest BCUT2D eigenvalue weighted by molar-refractivity contribution is 0.0952. The van der Waals surface area contributed by atoms with E-state index in [2.05, 4.69) is 34.3 Å². The smallest absolute Gasteiger partial charge is 0.251 e. The van der Waals surface area contributed by atoms with E-state index in [0.717, 1.165) is 38.6 Å². The van der Waals surface area contributed by atoms with E-state index in [1.807, 2.05) is 12.1 Å². The van der Waals surface area contributed by atoms with E-state index in [1.165, 1.54) is 28.4 Å². The van der Waals surface area contributed by atoms with E-state index < -0.39 is 10.0 Å². The Morgan fingerprint density at radius 3 is 2.55 bits per heavy atom. The maximum atomic E-state index is 13.3. The third kappa shape index (κ3) is 5.23. The largest absolute Gasteiger partial charge is 0.495 e. The molecule has 0 bridgehead atoms. The first-order chi connectivity index (χ1) is 16.0. The minimum atomic E-state index is -3.73. The molecule has 33 heavy (non-hydrogen) atoms. The van der Waals surface area contributed by atoms with Gasteiger partial charge in [0, 0.05) is 43.5 Å². The van der Waals surface area contributed by atoms with Gasteiger partial charge in [0.1, 0.15) is 10.6 Å². The number of nitrogens with zero attached hydrogens (tertiary/aromatic N) is 2. The van der Waals surface area contributed by atoms with Crippen LogP contribution < -0.4 is 10.1 Å². The number of aryl methyl sites for hydroxylation is 1. The molecule has 0 radical (unpaired) electrons. The van der Waals surface area contributed by atoms with E-state index in [9.17, 15) is 13.2 Å². The van der Waals surface area contributed by atoms with Crippen molar-refractivity contribution in [3.63, 3.8) is 0 Å². The number of sulfonamides is 1. The number of hydrogen-bond donors (Lipinski definition) is 1. The van der Waals surface area contributed by atoms with Gasteiger partial charge in [0.15, 0.2) is 0 Å². The highest BCUT2D eigenvalue weighted by molar-refractivity contribution is 7.89. The van der Waals surface area contributed by atoms with Gasteiger partial charge < -0.3 is 14.6 Å². The Kier molecular flexibility index (Phi) is 7.35. The molecule has 0 aliphatic carbocycles. The Bertz CT molecular complexity index is 1210. The van der Waals surface area contributed by atoms with Crippen molar-refractivity contribution in [3.05, 3.63) is 60.3 Å². The van der Waals surface area contributed by atoms with Crippen LogP contribution in [0.3, 0.4) is 0 Å². The minimum absolute atomic E-state index is 0.0540. The van der Waals surface area contributed by atoms with E-state index in [1.54, 1.807) is 12.1 Å². The Morgan fingerprint density at radius 2 is 1.79 bits per heavy atom. The molecule has 2 aromatic carbocycles. The lowest BCUT2D eigenvalue weighted by Gasteiger charge is -2.21. The summed E-state index contributed by atoms with van der Waals surface area (Å²) < 4.78 is 35.6. The zero-order valence-corrected chi connectivity index (χ0v) is 19.8. The van der Waals surface area contributed by atoms with Crippen LogP contribution >= 0.6 is 0 Å². The predicted octanol–water partition coefficient (Wildman–Crippen LogP) is 4.03. The van der Waals surface area contributed by atoms with Crippen LogP contribution in [0.2, 0.25) is 0 Å². The van der Waals surface area contributed by atoms with Crippen molar-refractivity contribution >= 4 is 26.8 Å². The molecule has 8 heteroatoms. The number of aromatic nitrogens is 1. The number of rotatable bonds is 8. The normalized spacial score (nSPS) is 15.3. The second kappa shape index (κ2) is 10.4. The molecule has 2 heterocycles. The lowest BCUT2D eigenvalue weighted by atomic mass is 10.2. The molecule has 0 unspecified atom stereocenters. The molecular formula is C25H31N3O4S. The van der Waals surface area contributed by atoms with Crippen LogP contribution in [0.1, 0.15) is 42.5 Å². The first-order valence-electron chi connectivity index (χ1n) is 11.5. The number of amides is 1. The summed E-state index contributed by atoms with van der Waals surface area (Å²) in [5.41, 5.74) is 1.48. The summed E-state index contributed by atoms with van der Waals surface area (Å²) in [4.78, 5) is 12.8. The van der Waals surface area contributed by atoms with Crippen LogP contribution in [0.25, 0.3) is 10.9 Å². The molecule has 1 N–H and O–H groups in total. The van der Waals surface area contributed by atoms with Gasteiger partial charge in [-0.15, -0.1) is 0 Å². The molecule has 1 aliphatic rings. The van der Waals surface area contributed by atoms with Crippen molar-refractivity contribution in [3.8, 4) is 5.75 Å². The number of carbonyl (C=O) groups excluding carboxylic acids is 1. The molecular weight excluding hydrogens is 438 g/mol. The SMILES string of the molecule is COc1ccc(C(=O)NCCCn2ccc3ccccc32)cc1S(=O)(=O)N1CCCCCC1. The van der Waals surface area contributed by atoms with Crippen LogP contribution in [-0.4, -0.2) is 49.9 Å². The van der Waals surface area contributed by atoms with Crippen molar-refractivity contribution in [2.45, 2.75) is 43.5 Å². The molecule has 1 aliphatic heterocycles.